The third-order valence-corrected chi connectivity index (χ3v) is 2.49. The van der Waals surface area contributed by atoms with Gasteiger partial charge in [-0.15, -0.1) is 0 Å². The molecule has 0 spiro atoms. The fourth-order valence-corrected chi connectivity index (χ4v) is 1.99. The molecule has 1 saturated carbocycles. The molecule has 2 bridgehead atoms. The topological polar surface area (TPSA) is 0 Å². The minimum atomic E-state index is 0.754. The summed E-state index contributed by atoms with van der Waals surface area (Å²) in [6, 6.07) is 0. The average Bonchev–Trinajstić information content (AvgIpc) is 1.63. The maximum absolute atomic E-state index is 2.42. The Balaban J connectivity index is 2.25. The maximum atomic E-state index is 2.42. The molecule has 0 heteroatoms. The SMILES string of the molecule is CC12CCC=C(C1)C2. The van der Waals surface area contributed by atoms with E-state index in [-0.39, 0.29) is 0 Å². The second kappa shape index (κ2) is 1.18. The molecule has 0 aromatic heterocycles. The van der Waals surface area contributed by atoms with Gasteiger partial charge < -0.3 is 0 Å². The van der Waals surface area contributed by atoms with Crippen LogP contribution in [0, 0.1) is 5.41 Å². The van der Waals surface area contributed by atoms with Crippen molar-refractivity contribution >= 4 is 0 Å². The van der Waals surface area contributed by atoms with Gasteiger partial charge in [0.2, 0.25) is 0 Å². The molecule has 3 aliphatic carbocycles. The quantitative estimate of drug-likeness (QED) is 0.418. The van der Waals surface area contributed by atoms with Crippen LogP contribution in [-0.4, -0.2) is 0 Å². The number of rotatable bonds is 0. The summed E-state index contributed by atoms with van der Waals surface area (Å²) in [6.07, 6.45) is 8.04. The van der Waals surface area contributed by atoms with E-state index in [4.69, 9.17) is 0 Å². The summed E-state index contributed by atoms with van der Waals surface area (Å²) in [4.78, 5) is 0. The van der Waals surface area contributed by atoms with Gasteiger partial charge in [0, 0.05) is 0 Å². The Labute approximate surface area is 50.6 Å². The van der Waals surface area contributed by atoms with Crippen LogP contribution in [0.1, 0.15) is 32.6 Å². The van der Waals surface area contributed by atoms with Crippen molar-refractivity contribution in [2.24, 2.45) is 5.41 Å². The lowest BCUT2D eigenvalue weighted by molar-refractivity contribution is 0.200. The molecule has 0 aromatic rings. The summed E-state index contributed by atoms with van der Waals surface area (Å²) in [5.41, 5.74) is 2.48. The third kappa shape index (κ3) is 0.460. The first-order valence-electron chi connectivity index (χ1n) is 3.46. The van der Waals surface area contributed by atoms with E-state index < -0.39 is 0 Å². The molecule has 0 nitrogen and oxygen atoms in total. The smallest absolute Gasteiger partial charge is 0.0249 e. The molecule has 0 radical (unpaired) electrons. The summed E-state index contributed by atoms with van der Waals surface area (Å²) >= 11 is 0. The van der Waals surface area contributed by atoms with Crippen molar-refractivity contribution in [3.63, 3.8) is 0 Å². The van der Waals surface area contributed by atoms with Crippen LogP contribution in [0.3, 0.4) is 0 Å². The van der Waals surface area contributed by atoms with Crippen molar-refractivity contribution in [3.8, 4) is 0 Å². The first-order valence-corrected chi connectivity index (χ1v) is 3.46. The Morgan fingerprint density at radius 3 is 2.50 bits per heavy atom. The predicted molar refractivity (Wildman–Crippen MR) is 34.7 cm³/mol. The highest BCUT2D eigenvalue weighted by Crippen LogP contribution is 2.51. The maximum Gasteiger partial charge on any atom is -0.0249 e. The molecule has 0 N–H and O–H groups in total. The Hall–Kier alpha value is -0.260. The monoisotopic (exact) mass is 108 g/mol. The summed E-state index contributed by atoms with van der Waals surface area (Å²) in [5, 5.41) is 0. The molecule has 0 unspecified atom stereocenters. The number of allylic oxidation sites excluding steroid dienone is 2. The molecule has 3 rings (SSSR count). The Morgan fingerprint density at radius 2 is 2.25 bits per heavy atom. The number of fused-ring (bicyclic) bond motifs is 2. The molecule has 0 aliphatic heterocycles. The van der Waals surface area contributed by atoms with Crippen LogP contribution >= 0.6 is 0 Å². The van der Waals surface area contributed by atoms with Gasteiger partial charge in [0.15, 0.2) is 0 Å². The fraction of sp³-hybridized carbons (Fsp3) is 0.750. The Bertz CT molecular complexity index is 134. The van der Waals surface area contributed by atoms with Gasteiger partial charge in [0.1, 0.15) is 0 Å². The fourth-order valence-electron chi connectivity index (χ4n) is 1.99. The van der Waals surface area contributed by atoms with Gasteiger partial charge >= 0.3 is 0 Å². The molecule has 0 atom stereocenters. The van der Waals surface area contributed by atoms with E-state index in [0.717, 1.165) is 5.41 Å². The minimum Gasteiger partial charge on any atom is -0.0853 e. The van der Waals surface area contributed by atoms with Gasteiger partial charge in [-0.1, -0.05) is 18.6 Å². The molecule has 44 valence electrons. The van der Waals surface area contributed by atoms with Gasteiger partial charge in [-0.25, -0.2) is 0 Å². The van der Waals surface area contributed by atoms with E-state index in [1.807, 2.05) is 0 Å². The van der Waals surface area contributed by atoms with E-state index in [0.29, 0.717) is 0 Å². The lowest BCUT2D eigenvalue weighted by Gasteiger charge is -2.44. The van der Waals surface area contributed by atoms with Crippen LogP contribution < -0.4 is 0 Å². The van der Waals surface area contributed by atoms with Crippen LogP contribution in [0.15, 0.2) is 11.6 Å². The lowest BCUT2D eigenvalue weighted by atomic mass is 9.61. The zero-order valence-electron chi connectivity index (χ0n) is 5.41. The van der Waals surface area contributed by atoms with Crippen LogP contribution in [0.5, 0.6) is 0 Å². The van der Waals surface area contributed by atoms with Crippen molar-refractivity contribution in [3.05, 3.63) is 11.6 Å². The molecular weight excluding hydrogens is 96.1 g/mol. The predicted octanol–water partition coefficient (Wildman–Crippen LogP) is 2.51. The van der Waals surface area contributed by atoms with E-state index in [9.17, 15) is 0 Å². The highest BCUT2D eigenvalue weighted by atomic mass is 14.4. The van der Waals surface area contributed by atoms with Crippen molar-refractivity contribution in [2.45, 2.75) is 32.6 Å². The third-order valence-electron chi connectivity index (χ3n) is 2.49. The van der Waals surface area contributed by atoms with Crippen molar-refractivity contribution in [1.29, 1.82) is 0 Å². The van der Waals surface area contributed by atoms with Gasteiger partial charge in [0.25, 0.3) is 0 Å². The highest BCUT2D eigenvalue weighted by molar-refractivity contribution is 5.21. The van der Waals surface area contributed by atoms with Gasteiger partial charge in [-0.05, 0) is 31.1 Å². The van der Waals surface area contributed by atoms with Crippen molar-refractivity contribution in [1.82, 2.24) is 0 Å². The van der Waals surface area contributed by atoms with Gasteiger partial charge in [-0.3, -0.25) is 0 Å². The largest absolute Gasteiger partial charge is 0.0853 e. The molecule has 0 aromatic carbocycles. The van der Waals surface area contributed by atoms with E-state index in [1.54, 1.807) is 5.57 Å². The van der Waals surface area contributed by atoms with E-state index >= 15 is 0 Å². The molecule has 1 fully saturated rings. The van der Waals surface area contributed by atoms with Crippen molar-refractivity contribution in [2.75, 3.05) is 0 Å². The van der Waals surface area contributed by atoms with Crippen LogP contribution in [0.4, 0.5) is 0 Å². The number of hydrogen-bond donors (Lipinski definition) is 0. The molecule has 3 aliphatic rings. The van der Waals surface area contributed by atoms with Crippen LogP contribution in [-0.2, 0) is 0 Å². The van der Waals surface area contributed by atoms with E-state index in [1.165, 1.54) is 25.7 Å². The zero-order valence-corrected chi connectivity index (χ0v) is 5.41. The van der Waals surface area contributed by atoms with Crippen LogP contribution in [0.25, 0.3) is 0 Å². The first-order chi connectivity index (χ1) is 3.79. The summed E-state index contributed by atoms with van der Waals surface area (Å²) in [7, 11) is 0. The summed E-state index contributed by atoms with van der Waals surface area (Å²) in [6.45, 7) is 2.41. The van der Waals surface area contributed by atoms with Crippen molar-refractivity contribution < 1.29 is 0 Å². The van der Waals surface area contributed by atoms with Gasteiger partial charge in [-0.2, -0.15) is 0 Å². The molecule has 8 heavy (non-hydrogen) atoms. The van der Waals surface area contributed by atoms with Crippen LogP contribution in [0.2, 0.25) is 0 Å². The van der Waals surface area contributed by atoms with E-state index in [2.05, 4.69) is 13.0 Å². The second-order valence-electron chi connectivity index (χ2n) is 3.57. The number of hydrogen-bond acceptors (Lipinski definition) is 0. The summed E-state index contributed by atoms with van der Waals surface area (Å²) < 4.78 is 0. The second-order valence-corrected chi connectivity index (χ2v) is 3.57. The minimum absolute atomic E-state index is 0.754. The standard InChI is InChI=1S/C8H12/c1-8-4-2-3-7(5-8)6-8/h3H,2,4-6H2,1H3. The molecule has 0 saturated heterocycles. The molecule has 0 heterocycles. The average molecular weight is 108 g/mol. The van der Waals surface area contributed by atoms with Gasteiger partial charge in [0.05, 0.1) is 0 Å². The Kier molecular flexibility index (Phi) is 0.677. The first kappa shape index (κ1) is 4.60. The Morgan fingerprint density at radius 1 is 1.50 bits per heavy atom. The highest BCUT2D eigenvalue weighted by Gasteiger charge is 2.37. The molecular formula is C8H12. The molecule has 0 amide bonds. The normalized spacial score (nSPS) is 30.9. The lowest BCUT2D eigenvalue weighted by Crippen LogP contribution is -2.30. The summed E-state index contributed by atoms with van der Waals surface area (Å²) in [5.74, 6) is 0. The zero-order chi connectivity index (χ0) is 5.61.